The predicted octanol–water partition coefficient (Wildman–Crippen LogP) is 3.05. The summed E-state index contributed by atoms with van der Waals surface area (Å²) in [6.45, 7) is 3.33. The first-order valence-corrected chi connectivity index (χ1v) is 8.81. The summed E-state index contributed by atoms with van der Waals surface area (Å²) in [5, 5.41) is 0. The summed E-state index contributed by atoms with van der Waals surface area (Å²) in [6.07, 6.45) is 7.79. The first kappa shape index (κ1) is 13.3. The highest BCUT2D eigenvalue weighted by atomic mass is 32.2. The molecule has 18 heavy (non-hydrogen) atoms. The lowest BCUT2D eigenvalue weighted by Gasteiger charge is -2.41. The van der Waals surface area contributed by atoms with Crippen LogP contribution in [0.1, 0.15) is 45.4 Å². The van der Waals surface area contributed by atoms with Crippen molar-refractivity contribution in [2.75, 3.05) is 18.1 Å². The lowest BCUT2D eigenvalue weighted by molar-refractivity contribution is -0.0859. The highest BCUT2D eigenvalue weighted by Crippen LogP contribution is 2.43. The fraction of sp³-hybridized carbons (Fsp3) is 1.00. The standard InChI is InChI=1S/C15H27NOS/c1-11-2-3-12(8-11)14(16)13-4-6-17-15(9-13)5-7-18-10-15/h11-14H,2-10,16H2,1H3. The molecule has 2 saturated heterocycles. The predicted molar refractivity (Wildman–Crippen MR) is 77.8 cm³/mol. The van der Waals surface area contributed by atoms with Crippen LogP contribution in [-0.4, -0.2) is 29.8 Å². The van der Waals surface area contributed by atoms with Crippen LogP contribution in [0.5, 0.6) is 0 Å². The Bertz CT molecular complexity index is 290. The van der Waals surface area contributed by atoms with Gasteiger partial charge in [0.15, 0.2) is 0 Å². The van der Waals surface area contributed by atoms with E-state index < -0.39 is 0 Å². The summed E-state index contributed by atoms with van der Waals surface area (Å²) < 4.78 is 6.11. The van der Waals surface area contributed by atoms with Crippen molar-refractivity contribution in [3.63, 3.8) is 0 Å². The largest absolute Gasteiger partial charge is 0.374 e. The van der Waals surface area contributed by atoms with E-state index in [2.05, 4.69) is 18.7 Å². The SMILES string of the molecule is CC1CCC(C(N)C2CCOC3(CCSC3)C2)C1. The molecule has 2 nitrogen and oxygen atoms in total. The number of hydrogen-bond donors (Lipinski definition) is 1. The average Bonchev–Trinajstić information content (AvgIpc) is 2.98. The van der Waals surface area contributed by atoms with E-state index in [0.29, 0.717) is 12.0 Å². The molecule has 1 saturated carbocycles. The zero-order valence-corrected chi connectivity index (χ0v) is 12.4. The Morgan fingerprint density at radius 2 is 2.17 bits per heavy atom. The Morgan fingerprint density at radius 1 is 1.28 bits per heavy atom. The maximum Gasteiger partial charge on any atom is 0.0783 e. The highest BCUT2D eigenvalue weighted by Gasteiger charge is 2.43. The molecule has 104 valence electrons. The normalized spacial score (nSPS) is 46.7. The molecule has 1 aliphatic carbocycles. The van der Waals surface area contributed by atoms with Crippen molar-refractivity contribution in [2.45, 2.75) is 57.1 Å². The number of thioether (sulfide) groups is 1. The Morgan fingerprint density at radius 3 is 2.83 bits per heavy atom. The lowest BCUT2D eigenvalue weighted by atomic mass is 9.77. The Hall–Kier alpha value is 0.270. The van der Waals surface area contributed by atoms with Crippen LogP contribution in [0.4, 0.5) is 0 Å². The third-order valence-electron chi connectivity index (χ3n) is 5.42. The van der Waals surface area contributed by atoms with Gasteiger partial charge in [-0.25, -0.2) is 0 Å². The van der Waals surface area contributed by atoms with Crippen LogP contribution in [-0.2, 0) is 4.74 Å². The van der Waals surface area contributed by atoms with Gasteiger partial charge in [-0.15, -0.1) is 0 Å². The molecule has 3 rings (SSSR count). The molecule has 0 aromatic heterocycles. The summed E-state index contributed by atoms with van der Waals surface area (Å²) in [7, 11) is 0. The number of hydrogen-bond acceptors (Lipinski definition) is 3. The third kappa shape index (κ3) is 2.59. The molecule has 5 unspecified atom stereocenters. The molecule has 0 aromatic carbocycles. The van der Waals surface area contributed by atoms with Crippen LogP contribution >= 0.6 is 11.8 Å². The summed E-state index contributed by atoms with van der Waals surface area (Å²) >= 11 is 2.06. The first-order chi connectivity index (χ1) is 8.69. The van der Waals surface area contributed by atoms with Crippen LogP contribution < -0.4 is 5.73 Å². The topological polar surface area (TPSA) is 35.2 Å². The maximum atomic E-state index is 6.60. The van der Waals surface area contributed by atoms with Crippen LogP contribution in [0.25, 0.3) is 0 Å². The van der Waals surface area contributed by atoms with E-state index in [0.717, 1.165) is 18.4 Å². The van der Waals surface area contributed by atoms with Gasteiger partial charge in [-0.3, -0.25) is 0 Å². The highest BCUT2D eigenvalue weighted by molar-refractivity contribution is 7.99. The summed E-state index contributed by atoms with van der Waals surface area (Å²) in [5.41, 5.74) is 6.81. The monoisotopic (exact) mass is 269 g/mol. The zero-order valence-electron chi connectivity index (χ0n) is 11.6. The van der Waals surface area contributed by atoms with Gasteiger partial charge in [0.25, 0.3) is 0 Å². The fourth-order valence-corrected chi connectivity index (χ4v) is 5.62. The minimum Gasteiger partial charge on any atom is -0.374 e. The minimum atomic E-state index is 0.204. The number of nitrogens with two attached hydrogens (primary N) is 1. The molecular formula is C15H27NOS. The van der Waals surface area contributed by atoms with Crippen LogP contribution in [0.2, 0.25) is 0 Å². The van der Waals surface area contributed by atoms with Crippen LogP contribution in [0.3, 0.4) is 0 Å². The number of rotatable bonds is 2. The minimum absolute atomic E-state index is 0.204. The van der Waals surface area contributed by atoms with E-state index in [1.54, 1.807) is 0 Å². The third-order valence-corrected chi connectivity index (χ3v) is 6.65. The molecule has 3 fully saturated rings. The second-order valence-corrected chi connectivity index (χ2v) is 7.95. The summed E-state index contributed by atoms with van der Waals surface area (Å²) in [4.78, 5) is 0. The van der Waals surface area contributed by atoms with Crippen LogP contribution in [0.15, 0.2) is 0 Å². The molecule has 3 heteroatoms. The first-order valence-electron chi connectivity index (χ1n) is 7.66. The second kappa shape index (κ2) is 5.34. The van der Waals surface area contributed by atoms with E-state index in [9.17, 15) is 0 Å². The molecule has 0 amide bonds. The Kier molecular flexibility index (Phi) is 3.93. The van der Waals surface area contributed by atoms with Gasteiger partial charge in [0.2, 0.25) is 0 Å². The van der Waals surface area contributed by atoms with Crippen molar-refractivity contribution >= 4 is 11.8 Å². The lowest BCUT2D eigenvalue weighted by Crippen LogP contribution is -2.47. The Labute approximate surface area is 115 Å². The average molecular weight is 269 g/mol. The van der Waals surface area contributed by atoms with E-state index >= 15 is 0 Å². The molecule has 0 bridgehead atoms. The van der Waals surface area contributed by atoms with Gasteiger partial charge in [-0.1, -0.05) is 13.3 Å². The number of ether oxygens (including phenoxy) is 1. The fourth-order valence-electron chi connectivity index (χ4n) is 4.24. The quantitative estimate of drug-likeness (QED) is 0.837. The molecule has 2 heterocycles. The van der Waals surface area contributed by atoms with E-state index in [4.69, 9.17) is 10.5 Å². The molecule has 0 aromatic rings. The molecule has 5 atom stereocenters. The Balaban J connectivity index is 1.61. The summed E-state index contributed by atoms with van der Waals surface area (Å²) in [6, 6.07) is 0.432. The van der Waals surface area contributed by atoms with Gasteiger partial charge in [-0.2, -0.15) is 11.8 Å². The van der Waals surface area contributed by atoms with Gasteiger partial charge < -0.3 is 10.5 Å². The van der Waals surface area contributed by atoms with E-state index in [1.807, 2.05) is 0 Å². The van der Waals surface area contributed by atoms with Crippen molar-refractivity contribution in [3.05, 3.63) is 0 Å². The molecule has 0 radical (unpaired) electrons. The van der Waals surface area contributed by atoms with Gasteiger partial charge in [0.05, 0.1) is 5.60 Å². The van der Waals surface area contributed by atoms with Crippen molar-refractivity contribution in [1.29, 1.82) is 0 Å². The van der Waals surface area contributed by atoms with Crippen molar-refractivity contribution < 1.29 is 4.74 Å². The van der Waals surface area contributed by atoms with Gasteiger partial charge >= 0.3 is 0 Å². The maximum absolute atomic E-state index is 6.60. The molecular weight excluding hydrogens is 242 g/mol. The van der Waals surface area contributed by atoms with E-state index in [-0.39, 0.29) is 5.60 Å². The van der Waals surface area contributed by atoms with Crippen molar-refractivity contribution in [3.8, 4) is 0 Å². The van der Waals surface area contributed by atoms with Crippen molar-refractivity contribution in [2.24, 2.45) is 23.5 Å². The molecule has 2 N–H and O–H groups in total. The summed E-state index contributed by atoms with van der Waals surface area (Å²) in [5.74, 6) is 4.89. The van der Waals surface area contributed by atoms with Crippen molar-refractivity contribution in [1.82, 2.24) is 0 Å². The zero-order chi connectivity index (χ0) is 12.6. The second-order valence-electron chi connectivity index (χ2n) is 6.84. The van der Waals surface area contributed by atoms with Gasteiger partial charge in [-0.05, 0) is 55.6 Å². The molecule has 3 aliphatic rings. The van der Waals surface area contributed by atoms with E-state index in [1.165, 1.54) is 50.0 Å². The van der Waals surface area contributed by atoms with Crippen LogP contribution in [0, 0.1) is 17.8 Å². The molecule has 1 spiro atoms. The smallest absolute Gasteiger partial charge is 0.0783 e. The molecule has 2 aliphatic heterocycles. The van der Waals surface area contributed by atoms with Gasteiger partial charge in [0, 0.05) is 18.4 Å². The van der Waals surface area contributed by atoms with Gasteiger partial charge in [0.1, 0.15) is 0 Å².